The Kier molecular flexibility index (Phi) is 7.32. The zero-order valence-corrected chi connectivity index (χ0v) is 15.1. The standard InChI is InChI=1S/C20H26NO2S/c1-2-3-4-5-6-13-18-21(19-14-9-7-10-15-19)24(22,23)20-16-11-8-12-17-20/h7,9-12,14-17H,2-6,13,18H2,1H3. The Balaban J connectivity index is 2.12. The lowest BCUT2D eigenvalue weighted by Crippen LogP contribution is -2.32. The van der Waals surface area contributed by atoms with Gasteiger partial charge in [0, 0.05) is 6.54 Å². The van der Waals surface area contributed by atoms with Crippen molar-refractivity contribution in [3.05, 3.63) is 60.7 Å². The molecule has 0 aliphatic heterocycles. The van der Waals surface area contributed by atoms with Crippen molar-refractivity contribution in [3.8, 4) is 0 Å². The van der Waals surface area contributed by atoms with Crippen LogP contribution in [0.4, 0.5) is 5.69 Å². The van der Waals surface area contributed by atoms with Crippen molar-refractivity contribution in [2.24, 2.45) is 0 Å². The molecule has 0 N–H and O–H groups in total. The first-order valence-electron chi connectivity index (χ1n) is 8.70. The summed E-state index contributed by atoms with van der Waals surface area (Å²) in [5, 5.41) is 0. The van der Waals surface area contributed by atoms with Crippen molar-refractivity contribution >= 4 is 15.7 Å². The molecule has 4 heteroatoms. The summed E-state index contributed by atoms with van der Waals surface area (Å²) in [5.41, 5.74) is 0.721. The lowest BCUT2D eigenvalue weighted by molar-refractivity contribution is 0.580. The van der Waals surface area contributed by atoms with Gasteiger partial charge in [-0.25, -0.2) is 8.42 Å². The number of sulfonamides is 1. The molecule has 0 aliphatic carbocycles. The van der Waals surface area contributed by atoms with Gasteiger partial charge in [-0.05, 0) is 36.8 Å². The van der Waals surface area contributed by atoms with Crippen LogP contribution in [0.2, 0.25) is 0 Å². The van der Waals surface area contributed by atoms with E-state index in [0.717, 1.165) is 24.9 Å². The first-order valence-corrected chi connectivity index (χ1v) is 10.1. The van der Waals surface area contributed by atoms with Crippen LogP contribution in [0.25, 0.3) is 0 Å². The minimum Gasteiger partial charge on any atom is -0.266 e. The second-order valence-electron chi connectivity index (χ2n) is 5.92. The molecule has 0 saturated carbocycles. The largest absolute Gasteiger partial charge is 0.266 e. The number of para-hydroxylation sites is 1. The van der Waals surface area contributed by atoms with Crippen molar-refractivity contribution in [2.45, 2.75) is 50.3 Å². The van der Waals surface area contributed by atoms with Crippen LogP contribution in [0.3, 0.4) is 0 Å². The number of hydrogen-bond acceptors (Lipinski definition) is 2. The molecular weight excluding hydrogens is 318 g/mol. The Bertz CT molecular complexity index is 684. The van der Waals surface area contributed by atoms with E-state index < -0.39 is 10.0 Å². The van der Waals surface area contributed by atoms with Gasteiger partial charge < -0.3 is 0 Å². The Morgan fingerprint density at radius 3 is 2.17 bits per heavy atom. The maximum atomic E-state index is 13.0. The van der Waals surface area contributed by atoms with Gasteiger partial charge in [0.05, 0.1) is 10.6 Å². The molecule has 0 saturated heterocycles. The highest BCUT2D eigenvalue weighted by molar-refractivity contribution is 7.92. The van der Waals surface area contributed by atoms with Crippen LogP contribution in [-0.2, 0) is 10.0 Å². The summed E-state index contributed by atoms with van der Waals surface area (Å²) < 4.78 is 27.6. The fourth-order valence-corrected chi connectivity index (χ4v) is 4.19. The molecule has 0 spiro atoms. The molecule has 0 aromatic heterocycles. The van der Waals surface area contributed by atoms with E-state index in [2.05, 4.69) is 13.0 Å². The van der Waals surface area contributed by atoms with Crippen molar-refractivity contribution in [1.29, 1.82) is 0 Å². The van der Waals surface area contributed by atoms with Gasteiger partial charge in [-0.2, -0.15) is 0 Å². The molecule has 0 atom stereocenters. The first kappa shape index (κ1) is 18.5. The van der Waals surface area contributed by atoms with Crippen LogP contribution in [0, 0.1) is 6.07 Å². The van der Waals surface area contributed by atoms with Crippen LogP contribution in [0.15, 0.2) is 59.5 Å². The molecule has 2 aromatic carbocycles. The van der Waals surface area contributed by atoms with Crippen molar-refractivity contribution in [3.63, 3.8) is 0 Å². The fraction of sp³-hybridized carbons (Fsp3) is 0.400. The smallest absolute Gasteiger partial charge is 0.264 e. The summed E-state index contributed by atoms with van der Waals surface area (Å²) in [4.78, 5) is 0.316. The Morgan fingerprint density at radius 2 is 1.50 bits per heavy atom. The topological polar surface area (TPSA) is 37.4 Å². The second kappa shape index (κ2) is 9.48. The zero-order chi connectivity index (χ0) is 17.3. The highest BCUT2D eigenvalue weighted by Crippen LogP contribution is 2.24. The predicted octanol–water partition coefficient (Wildman–Crippen LogP) is 5.04. The summed E-state index contributed by atoms with van der Waals surface area (Å²) >= 11 is 0. The average Bonchev–Trinajstić information content (AvgIpc) is 2.62. The number of unbranched alkanes of at least 4 members (excludes halogenated alkanes) is 5. The van der Waals surface area contributed by atoms with Crippen LogP contribution in [0.1, 0.15) is 45.4 Å². The van der Waals surface area contributed by atoms with E-state index in [4.69, 9.17) is 0 Å². The monoisotopic (exact) mass is 344 g/mol. The molecule has 2 rings (SSSR count). The van der Waals surface area contributed by atoms with Crippen molar-refractivity contribution in [2.75, 3.05) is 10.8 Å². The lowest BCUT2D eigenvalue weighted by atomic mass is 10.1. The Hall–Kier alpha value is -1.81. The summed E-state index contributed by atoms with van der Waals surface area (Å²) in [6, 6.07) is 18.7. The molecule has 0 amide bonds. The van der Waals surface area contributed by atoms with Gasteiger partial charge in [0.15, 0.2) is 0 Å². The van der Waals surface area contributed by atoms with Gasteiger partial charge in [0.1, 0.15) is 0 Å². The van der Waals surface area contributed by atoms with Gasteiger partial charge in [-0.15, -0.1) is 0 Å². The van der Waals surface area contributed by atoms with Crippen LogP contribution < -0.4 is 4.31 Å². The van der Waals surface area contributed by atoms with Gasteiger partial charge in [-0.3, -0.25) is 4.31 Å². The third-order valence-corrected chi connectivity index (χ3v) is 5.88. The average molecular weight is 345 g/mol. The number of anilines is 1. The van der Waals surface area contributed by atoms with Crippen molar-refractivity contribution in [1.82, 2.24) is 0 Å². The van der Waals surface area contributed by atoms with E-state index in [1.807, 2.05) is 30.3 Å². The molecular formula is C20H26NO2S. The maximum Gasteiger partial charge on any atom is 0.264 e. The molecule has 129 valence electrons. The molecule has 0 bridgehead atoms. The molecule has 0 unspecified atom stereocenters. The van der Waals surface area contributed by atoms with E-state index in [1.165, 1.54) is 23.6 Å². The fourth-order valence-electron chi connectivity index (χ4n) is 2.69. The summed E-state index contributed by atoms with van der Waals surface area (Å²) in [5.74, 6) is 0. The maximum absolute atomic E-state index is 13.0. The van der Waals surface area contributed by atoms with E-state index in [0.29, 0.717) is 11.4 Å². The number of rotatable bonds is 10. The summed E-state index contributed by atoms with van der Waals surface area (Å²) in [7, 11) is -3.54. The third kappa shape index (κ3) is 5.10. The first-order chi connectivity index (χ1) is 11.7. The molecule has 24 heavy (non-hydrogen) atoms. The van der Waals surface area contributed by atoms with Crippen LogP contribution >= 0.6 is 0 Å². The molecule has 2 aromatic rings. The molecule has 0 aliphatic rings. The highest BCUT2D eigenvalue weighted by atomic mass is 32.2. The molecule has 3 nitrogen and oxygen atoms in total. The number of nitrogens with zero attached hydrogens (tertiary/aromatic N) is 1. The van der Waals surface area contributed by atoms with Crippen LogP contribution in [-0.4, -0.2) is 15.0 Å². The summed E-state index contributed by atoms with van der Waals surface area (Å²) in [6.07, 6.45) is 6.79. The number of benzene rings is 2. The zero-order valence-electron chi connectivity index (χ0n) is 14.3. The molecule has 0 heterocycles. The van der Waals surface area contributed by atoms with Gasteiger partial charge in [0.2, 0.25) is 0 Å². The van der Waals surface area contributed by atoms with Crippen molar-refractivity contribution < 1.29 is 8.42 Å². The normalized spacial score (nSPS) is 11.4. The van der Waals surface area contributed by atoms with Gasteiger partial charge >= 0.3 is 0 Å². The van der Waals surface area contributed by atoms with E-state index in [-0.39, 0.29) is 0 Å². The Morgan fingerprint density at radius 1 is 0.875 bits per heavy atom. The molecule has 1 radical (unpaired) electrons. The predicted molar refractivity (Wildman–Crippen MR) is 99.6 cm³/mol. The van der Waals surface area contributed by atoms with Crippen LogP contribution in [0.5, 0.6) is 0 Å². The lowest BCUT2D eigenvalue weighted by Gasteiger charge is -2.24. The quantitative estimate of drug-likeness (QED) is 0.566. The Labute approximate surface area is 146 Å². The minimum atomic E-state index is -3.54. The van der Waals surface area contributed by atoms with Gasteiger partial charge in [-0.1, -0.05) is 69.4 Å². The van der Waals surface area contributed by atoms with E-state index in [1.54, 1.807) is 24.3 Å². The van der Waals surface area contributed by atoms with E-state index in [9.17, 15) is 8.42 Å². The second-order valence-corrected chi connectivity index (χ2v) is 7.78. The molecule has 0 fully saturated rings. The minimum absolute atomic E-state index is 0.316. The highest BCUT2D eigenvalue weighted by Gasteiger charge is 2.24. The van der Waals surface area contributed by atoms with Gasteiger partial charge in [0.25, 0.3) is 10.0 Å². The SMILES string of the molecule is CCCCCCCCN(c1ccccc1)S(=O)(=O)c1cc[c]cc1. The number of hydrogen-bond donors (Lipinski definition) is 0. The summed E-state index contributed by atoms with van der Waals surface area (Å²) in [6.45, 7) is 2.71. The third-order valence-electron chi connectivity index (χ3n) is 4.03. The van der Waals surface area contributed by atoms with E-state index >= 15 is 0 Å².